The van der Waals surface area contributed by atoms with Crippen molar-refractivity contribution in [3.05, 3.63) is 29.6 Å². The molecule has 5 heteroatoms. The number of hydrogen-bond donors (Lipinski definition) is 1. The minimum Gasteiger partial charge on any atom is -0.489 e. The first-order chi connectivity index (χ1) is 9.65. The molecule has 1 saturated heterocycles. The third-order valence-corrected chi connectivity index (χ3v) is 3.47. The van der Waals surface area contributed by atoms with Crippen LogP contribution in [0.2, 0.25) is 0 Å². The Kier molecular flexibility index (Phi) is 5.35. The molecule has 0 saturated carbocycles. The maximum Gasteiger partial charge on any atom is 0.307 e. The van der Waals surface area contributed by atoms with Crippen molar-refractivity contribution in [1.82, 2.24) is 4.90 Å². The van der Waals surface area contributed by atoms with Gasteiger partial charge in [0.05, 0.1) is 6.42 Å². The maximum atomic E-state index is 13.7. The van der Waals surface area contributed by atoms with E-state index in [9.17, 15) is 9.18 Å². The molecule has 0 aliphatic carbocycles. The van der Waals surface area contributed by atoms with Crippen molar-refractivity contribution in [2.45, 2.75) is 25.7 Å². The molecule has 110 valence electrons. The van der Waals surface area contributed by atoms with Crippen molar-refractivity contribution in [1.29, 1.82) is 0 Å². The average Bonchev–Trinajstić information content (AvgIpc) is 2.42. The first kappa shape index (κ1) is 14.8. The number of carboxylic acid groups (broad SMARTS) is 1. The smallest absolute Gasteiger partial charge is 0.307 e. The highest BCUT2D eigenvalue weighted by atomic mass is 19.1. The number of likely N-dealkylation sites (tertiary alicyclic amines) is 1. The summed E-state index contributed by atoms with van der Waals surface area (Å²) in [6.07, 6.45) is 3.55. The van der Waals surface area contributed by atoms with Crippen LogP contribution in [0.4, 0.5) is 4.39 Å². The van der Waals surface area contributed by atoms with E-state index in [-0.39, 0.29) is 12.2 Å². The molecule has 0 aromatic heterocycles. The number of carbonyl (C=O) groups is 1. The fourth-order valence-corrected chi connectivity index (χ4v) is 2.41. The Bertz CT molecular complexity index is 458. The first-order valence-electron chi connectivity index (χ1n) is 7.00. The van der Waals surface area contributed by atoms with Gasteiger partial charge >= 0.3 is 5.97 Å². The van der Waals surface area contributed by atoms with Crippen LogP contribution >= 0.6 is 0 Å². The van der Waals surface area contributed by atoms with Gasteiger partial charge in [-0.25, -0.2) is 4.39 Å². The Labute approximate surface area is 118 Å². The first-order valence-corrected chi connectivity index (χ1v) is 7.00. The molecule has 2 rings (SSSR count). The number of halogens is 1. The number of aliphatic carboxylic acids is 1. The van der Waals surface area contributed by atoms with Crippen LogP contribution in [0.25, 0.3) is 0 Å². The maximum absolute atomic E-state index is 13.7. The average molecular weight is 281 g/mol. The molecule has 0 unspecified atom stereocenters. The fourth-order valence-electron chi connectivity index (χ4n) is 2.41. The van der Waals surface area contributed by atoms with E-state index in [1.807, 2.05) is 0 Å². The minimum absolute atomic E-state index is 0.176. The second-order valence-electron chi connectivity index (χ2n) is 5.09. The summed E-state index contributed by atoms with van der Waals surface area (Å²) in [5.41, 5.74) is 0.443. The third kappa shape index (κ3) is 4.49. The van der Waals surface area contributed by atoms with Crippen LogP contribution in [0, 0.1) is 5.82 Å². The van der Waals surface area contributed by atoms with Gasteiger partial charge in [0.1, 0.15) is 6.61 Å². The molecule has 1 fully saturated rings. The predicted molar refractivity (Wildman–Crippen MR) is 73.5 cm³/mol. The molecule has 0 atom stereocenters. The molecule has 1 aliphatic heterocycles. The van der Waals surface area contributed by atoms with E-state index in [1.54, 1.807) is 6.07 Å². The highest BCUT2D eigenvalue weighted by molar-refractivity contribution is 5.70. The van der Waals surface area contributed by atoms with Gasteiger partial charge in [-0.3, -0.25) is 9.69 Å². The van der Waals surface area contributed by atoms with Gasteiger partial charge in [-0.1, -0.05) is 12.5 Å². The van der Waals surface area contributed by atoms with Crippen molar-refractivity contribution in [2.24, 2.45) is 0 Å². The molecule has 0 bridgehead atoms. The lowest BCUT2D eigenvalue weighted by Crippen LogP contribution is -2.33. The van der Waals surface area contributed by atoms with Gasteiger partial charge in [-0.2, -0.15) is 0 Å². The number of carboxylic acids is 1. The van der Waals surface area contributed by atoms with Crippen LogP contribution in [0.3, 0.4) is 0 Å². The Morgan fingerprint density at radius 1 is 1.30 bits per heavy atom. The molecule has 0 spiro atoms. The Balaban J connectivity index is 1.81. The molecule has 20 heavy (non-hydrogen) atoms. The molecule has 0 radical (unpaired) electrons. The van der Waals surface area contributed by atoms with Crippen LogP contribution in [0.5, 0.6) is 5.75 Å². The van der Waals surface area contributed by atoms with Gasteiger partial charge in [0.25, 0.3) is 0 Å². The number of piperidine rings is 1. The normalized spacial score (nSPS) is 16.1. The van der Waals surface area contributed by atoms with Crippen LogP contribution in [0.15, 0.2) is 18.2 Å². The SMILES string of the molecule is O=C(O)Cc1ccc(OCCN2CCCCC2)c(F)c1. The van der Waals surface area contributed by atoms with Crippen molar-refractivity contribution in [3.8, 4) is 5.75 Å². The second kappa shape index (κ2) is 7.24. The van der Waals surface area contributed by atoms with E-state index in [0.717, 1.165) is 19.6 Å². The van der Waals surface area contributed by atoms with Crippen LogP contribution < -0.4 is 4.74 Å². The number of nitrogens with zero attached hydrogens (tertiary/aromatic N) is 1. The molecule has 4 nitrogen and oxygen atoms in total. The molecule has 0 amide bonds. The van der Waals surface area contributed by atoms with E-state index >= 15 is 0 Å². The van der Waals surface area contributed by atoms with E-state index in [2.05, 4.69) is 4.90 Å². The zero-order valence-corrected chi connectivity index (χ0v) is 11.5. The lowest BCUT2D eigenvalue weighted by molar-refractivity contribution is -0.136. The Morgan fingerprint density at radius 3 is 2.70 bits per heavy atom. The highest BCUT2D eigenvalue weighted by Gasteiger charge is 2.11. The van der Waals surface area contributed by atoms with E-state index in [0.29, 0.717) is 12.2 Å². The van der Waals surface area contributed by atoms with Crippen molar-refractivity contribution < 1.29 is 19.0 Å². The summed E-state index contributed by atoms with van der Waals surface area (Å²) >= 11 is 0. The van der Waals surface area contributed by atoms with Gasteiger partial charge in [-0.05, 0) is 43.6 Å². The third-order valence-electron chi connectivity index (χ3n) is 3.47. The monoisotopic (exact) mass is 281 g/mol. The second-order valence-corrected chi connectivity index (χ2v) is 5.09. The lowest BCUT2D eigenvalue weighted by atomic mass is 10.1. The Hall–Kier alpha value is -1.62. The van der Waals surface area contributed by atoms with Gasteiger partial charge in [0, 0.05) is 6.54 Å². The summed E-state index contributed by atoms with van der Waals surface area (Å²) in [7, 11) is 0. The standard InChI is InChI=1S/C15H20FNO3/c16-13-10-12(11-15(18)19)4-5-14(13)20-9-8-17-6-2-1-3-7-17/h4-5,10H,1-3,6-9,11H2,(H,18,19). The van der Waals surface area contributed by atoms with Gasteiger partial charge < -0.3 is 9.84 Å². The summed E-state index contributed by atoms with van der Waals surface area (Å²) in [5, 5.41) is 8.65. The highest BCUT2D eigenvalue weighted by Crippen LogP contribution is 2.19. The zero-order chi connectivity index (χ0) is 14.4. The van der Waals surface area contributed by atoms with Crippen molar-refractivity contribution in [3.63, 3.8) is 0 Å². The summed E-state index contributed by atoms with van der Waals surface area (Å²) in [4.78, 5) is 12.9. The molecule has 1 aromatic rings. The van der Waals surface area contributed by atoms with Gasteiger partial charge in [0.15, 0.2) is 11.6 Å². The molecule has 1 N–H and O–H groups in total. The largest absolute Gasteiger partial charge is 0.489 e. The topological polar surface area (TPSA) is 49.8 Å². The van der Waals surface area contributed by atoms with Crippen molar-refractivity contribution >= 4 is 5.97 Å². The summed E-state index contributed by atoms with van der Waals surface area (Å²) in [6, 6.07) is 4.32. The number of rotatable bonds is 6. The van der Waals surface area contributed by atoms with Crippen LogP contribution in [-0.2, 0) is 11.2 Å². The molecular formula is C15H20FNO3. The van der Waals surface area contributed by atoms with E-state index in [1.165, 1.54) is 31.4 Å². The molecular weight excluding hydrogens is 261 g/mol. The molecule has 1 aliphatic rings. The summed E-state index contributed by atoms with van der Waals surface area (Å²) < 4.78 is 19.2. The van der Waals surface area contributed by atoms with Crippen LogP contribution in [-0.4, -0.2) is 42.2 Å². The Morgan fingerprint density at radius 2 is 2.05 bits per heavy atom. The number of benzene rings is 1. The predicted octanol–water partition coefficient (Wildman–Crippen LogP) is 2.32. The lowest BCUT2D eigenvalue weighted by Gasteiger charge is -2.26. The minimum atomic E-state index is -0.969. The molecule has 1 aromatic carbocycles. The van der Waals surface area contributed by atoms with Gasteiger partial charge in [0.2, 0.25) is 0 Å². The van der Waals surface area contributed by atoms with E-state index < -0.39 is 11.8 Å². The van der Waals surface area contributed by atoms with Crippen LogP contribution in [0.1, 0.15) is 24.8 Å². The van der Waals surface area contributed by atoms with E-state index in [4.69, 9.17) is 9.84 Å². The number of ether oxygens (including phenoxy) is 1. The summed E-state index contributed by atoms with van der Waals surface area (Å²) in [6.45, 7) is 3.43. The summed E-state index contributed by atoms with van der Waals surface area (Å²) in [5.74, 6) is -1.28. The van der Waals surface area contributed by atoms with Gasteiger partial charge in [-0.15, -0.1) is 0 Å². The molecule has 1 heterocycles. The number of hydrogen-bond acceptors (Lipinski definition) is 3. The fraction of sp³-hybridized carbons (Fsp3) is 0.533. The van der Waals surface area contributed by atoms with Crippen molar-refractivity contribution in [2.75, 3.05) is 26.2 Å². The zero-order valence-electron chi connectivity index (χ0n) is 11.5. The quantitative estimate of drug-likeness (QED) is 0.869.